The van der Waals surface area contributed by atoms with E-state index in [1.807, 2.05) is 0 Å². The number of hydrogen-bond donors (Lipinski definition) is 1. The molecular formula is C12H17N3O3S2. The van der Waals surface area contributed by atoms with Crippen molar-refractivity contribution in [1.82, 2.24) is 14.1 Å². The van der Waals surface area contributed by atoms with E-state index in [0.717, 1.165) is 5.56 Å². The van der Waals surface area contributed by atoms with E-state index < -0.39 is 10.0 Å². The van der Waals surface area contributed by atoms with Gasteiger partial charge in [0.05, 0.1) is 17.7 Å². The summed E-state index contributed by atoms with van der Waals surface area (Å²) in [5.74, 6) is 0. The molecule has 0 aliphatic carbocycles. The molecule has 0 atom stereocenters. The van der Waals surface area contributed by atoms with Crippen LogP contribution in [0.3, 0.4) is 0 Å². The average molecular weight is 315 g/mol. The van der Waals surface area contributed by atoms with Crippen molar-refractivity contribution < 1.29 is 13.5 Å². The zero-order valence-corrected chi connectivity index (χ0v) is 13.2. The second-order valence-corrected chi connectivity index (χ2v) is 7.93. The molecule has 8 heteroatoms. The van der Waals surface area contributed by atoms with Gasteiger partial charge in [-0.25, -0.2) is 8.42 Å². The maximum Gasteiger partial charge on any atom is 0.244 e. The molecule has 0 fully saturated rings. The molecule has 2 aromatic heterocycles. The van der Waals surface area contributed by atoms with Crippen LogP contribution in [0.4, 0.5) is 0 Å². The second-order valence-electron chi connectivity index (χ2n) is 4.57. The SMILES string of the molecule is Cc1sc(CO)cc1S(=O)(=O)N(C)Cc1cnn(C)c1. The van der Waals surface area contributed by atoms with E-state index in [9.17, 15) is 8.42 Å². The predicted molar refractivity (Wildman–Crippen MR) is 76.8 cm³/mol. The van der Waals surface area contributed by atoms with E-state index in [0.29, 0.717) is 9.75 Å². The Hall–Kier alpha value is -1.22. The Morgan fingerprint density at radius 2 is 2.20 bits per heavy atom. The number of aromatic nitrogens is 2. The molecule has 0 saturated heterocycles. The molecule has 2 rings (SSSR count). The van der Waals surface area contributed by atoms with Gasteiger partial charge in [-0.1, -0.05) is 0 Å². The van der Waals surface area contributed by atoms with Crippen molar-refractivity contribution in [2.24, 2.45) is 7.05 Å². The lowest BCUT2D eigenvalue weighted by Gasteiger charge is -2.16. The lowest BCUT2D eigenvalue weighted by atomic mass is 10.4. The molecular weight excluding hydrogens is 298 g/mol. The van der Waals surface area contributed by atoms with E-state index in [4.69, 9.17) is 5.11 Å². The first-order chi connectivity index (χ1) is 9.34. The summed E-state index contributed by atoms with van der Waals surface area (Å²) in [6, 6.07) is 1.54. The minimum Gasteiger partial charge on any atom is -0.391 e. The van der Waals surface area contributed by atoms with Crippen molar-refractivity contribution in [2.45, 2.75) is 25.0 Å². The maximum atomic E-state index is 12.5. The summed E-state index contributed by atoms with van der Waals surface area (Å²) in [6.45, 7) is 1.86. The first kappa shape index (κ1) is 15.2. The Labute approximate surface area is 122 Å². The minimum absolute atomic E-state index is 0.145. The largest absolute Gasteiger partial charge is 0.391 e. The van der Waals surface area contributed by atoms with Crippen molar-refractivity contribution in [2.75, 3.05) is 7.05 Å². The normalized spacial score (nSPS) is 12.2. The Kier molecular flexibility index (Phi) is 4.28. The first-order valence-electron chi connectivity index (χ1n) is 5.98. The molecule has 0 unspecified atom stereocenters. The molecule has 0 aromatic carbocycles. The fourth-order valence-corrected chi connectivity index (χ4v) is 4.54. The number of rotatable bonds is 5. The molecule has 2 aromatic rings. The second kappa shape index (κ2) is 5.65. The number of sulfonamides is 1. The van der Waals surface area contributed by atoms with Gasteiger partial charge < -0.3 is 5.11 Å². The van der Waals surface area contributed by atoms with E-state index in [1.165, 1.54) is 28.8 Å². The lowest BCUT2D eigenvalue weighted by molar-refractivity contribution is 0.285. The third kappa shape index (κ3) is 2.93. The van der Waals surface area contributed by atoms with E-state index >= 15 is 0 Å². The van der Waals surface area contributed by atoms with Crippen LogP contribution in [0, 0.1) is 6.92 Å². The highest BCUT2D eigenvalue weighted by atomic mass is 32.2. The molecule has 6 nitrogen and oxygen atoms in total. The Morgan fingerprint density at radius 1 is 1.50 bits per heavy atom. The van der Waals surface area contributed by atoms with Crippen LogP contribution < -0.4 is 0 Å². The quantitative estimate of drug-likeness (QED) is 0.896. The summed E-state index contributed by atoms with van der Waals surface area (Å²) in [4.78, 5) is 1.60. The molecule has 0 radical (unpaired) electrons. The number of aliphatic hydroxyl groups is 1. The van der Waals surface area contributed by atoms with Crippen molar-refractivity contribution in [3.8, 4) is 0 Å². The number of nitrogens with zero attached hydrogens (tertiary/aromatic N) is 3. The lowest BCUT2D eigenvalue weighted by Crippen LogP contribution is -2.26. The Bertz CT molecular complexity index is 703. The van der Waals surface area contributed by atoms with E-state index in [1.54, 1.807) is 31.0 Å². The van der Waals surface area contributed by atoms with Crippen LogP contribution in [0.5, 0.6) is 0 Å². The molecule has 2 heterocycles. The molecule has 20 heavy (non-hydrogen) atoms. The number of hydrogen-bond acceptors (Lipinski definition) is 5. The highest BCUT2D eigenvalue weighted by Gasteiger charge is 2.25. The van der Waals surface area contributed by atoms with Crippen LogP contribution in [0.15, 0.2) is 23.4 Å². The fraction of sp³-hybridized carbons (Fsp3) is 0.417. The van der Waals surface area contributed by atoms with Gasteiger partial charge in [0.1, 0.15) is 0 Å². The van der Waals surface area contributed by atoms with Crippen LogP contribution in [0.25, 0.3) is 0 Å². The average Bonchev–Trinajstić information content (AvgIpc) is 2.95. The van der Waals surface area contributed by atoms with Crippen LogP contribution in [-0.4, -0.2) is 34.7 Å². The molecule has 1 N–H and O–H groups in total. The third-order valence-corrected chi connectivity index (χ3v) is 6.02. The van der Waals surface area contributed by atoms with Gasteiger partial charge >= 0.3 is 0 Å². The predicted octanol–water partition coefficient (Wildman–Crippen LogP) is 1.10. The molecule has 0 aliphatic rings. The van der Waals surface area contributed by atoms with Crippen LogP contribution in [0.1, 0.15) is 15.3 Å². The maximum absolute atomic E-state index is 12.5. The zero-order valence-electron chi connectivity index (χ0n) is 11.6. The highest BCUT2D eigenvalue weighted by Crippen LogP contribution is 2.28. The van der Waals surface area contributed by atoms with Crippen LogP contribution in [0.2, 0.25) is 0 Å². The van der Waals surface area contributed by atoms with Gasteiger partial charge in [-0.3, -0.25) is 4.68 Å². The van der Waals surface area contributed by atoms with E-state index in [-0.39, 0.29) is 18.0 Å². The topological polar surface area (TPSA) is 75.4 Å². The van der Waals surface area contributed by atoms with Gasteiger partial charge in [0.2, 0.25) is 10.0 Å². The van der Waals surface area contributed by atoms with Gasteiger partial charge in [-0.2, -0.15) is 9.40 Å². The van der Waals surface area contributed by atoms with Crippen LogP contribution >= 0.6 is 11.3 Å². The van der Waals surface area contributed by atoms with Crippen molar-refractivity contribution in [3.63, 3.8) is 0 Å². The summed E-state index contributed by atoms with van der Waals surface area (Å²) >= 11 is 1.30. The number of aryl methyl sites for hydroxylation is 2. The Balaban J connectivity index is 2.26. The first-order valence-corrected chi connectivity index (χ1v) is 8.24. The Morgan fingerprint density at radius 3 is 2.70 bits per heavy atom. The van der Waals surface area contributed by atoms with Gasteiger partial charge in [0, 0.05) is 42.2 Å². The van der Waals surface area contributed by atoms with Gasteiger partial charge in [0.15, 0.2) is 0 Å². The summed E-state index contributed by atoms with van der Waals surface area (Å²) in [7, 11) is -0.226. The van der Waals surface area contributed by atoms with Crippen LogP contribution in [-0.2, 0) is 30.2 Å². The van der Waals surface area contributed by atoms with Gasteiger partial charge in [0.25, 0.3) is 0 Å². The molecule has 0 aliphatic heterocycles. The van der Waals surface area contributed by atoms with Crippen molar-refractivity contribution >= 4 is 21.4 Å². The fourth-order valence-electron chi connectivity index (χ4n) is 1.92. The minimum atomic E-state index is -3.55. The standard InChI is InChI=1S/C12H17N3O3S2/c1-9-12(4-11(8-16)19-9)20(17,18)15(3)7-10-5-13-14(2)6-10/h4-6,16H,7-8H2,1-3H3. The summed E-state index contributed by atoms with van der Waals surface area (Å²) in [5.41, 5.74) is 0.828. The van der Waals surface area contributed by atoms with Gasteiger partial charge in [-0.05, 0) is 13.0 Å². The molecule has 0 saturated carbocycles. The molecule has 0 spiro atoms. The molecule has 0 amide bonds. The number of thiophene rings is 1. The molecule has 0 bridgehead atoms. The molecule has 110 valence electrons. The smallest absolute Gasteiger partial charge is 0.244 e. The summed E-state index contributed by atoms with van der Waals surface area (Å²) < 4.78 is 28.0. The highest BCUT2D eigenvalue weighted by molar-refractivity contribution is 7.89. The zero-order chi connectivity index (χ0) is 14.9. The van der Waals surface area contributed by atoms with Crippen molar-refractivity contribution in [1.29, 1.82) is 0 Å². The van der Waals surface area contributed by atoms with E-state index in [2.05, 4.69) is 5.10 Å². The number of aliphatic hydroxyl groups excluding tert-OH is 1. The summed E-state index contributed by atoms with van der Waals surface area (Å²) in [5, 5.41) is 13.1. The monoisotopic (exact) mass is 315 g/mol. The summed E-state index contributed by atoms with van der Waals surface area (Å²) in [6.07, 6.45) is 3.43. The van der Waals surface area contributed by atoms with Gasteiger partial charge in [-0.15, -0.1) is 11.3 Å². The third-order valence-electron chi connectivity index (χ3n) is 2.93. The van der Waals surface area contributed by atoms with Crippen molar-refractivity contribution in [3.05, 3.63) is 33.8 Å².